The average molecular weight is 264 g/mol. The van der Waals surface area contributed by atoms with Gasteiger partial charge in [-0.2, -0.15) is 4.98 Å². The van der Waals surface area contributed by atoms with Gasteiger partial charge in [-0.25, -0.2) is 9.50 Å². The van der Waals surface area contributed by atoms with Crippen molar-refractivity contribution in [3.8, 4) is 11.4 Å². The van der Waals surface area contributed by atoms with Crippen LogP contribution in [0.4, 0.5) is 0 Å². The average Bonchev–Trinajstić information content (AvgIpc) is 2.92. The second kappa shape index (κ2) is 4.40. The van der Waals surface area contributed by atoms with Gasteiger partial charge in [0.05, 0.1) is 5.69 Å². The summed E-state index contributed by atoms with van der Waals surface area (Å²) >= 11 is 0. The highest BCUT2D eigenvalue weighted by Crippen LogP contribution is 2.25. The SMILES string of the molecule is CC1CCc2c(cnc3nc(-c4ccccc4)nn23)C1. The van der Waals surface area contributed by atoms with Crippen molar-refractivity contribution in [1.82, 2.24) is 19.6 Å². The molecule has 0 spiro atoms. The van der Waals surface area contributed by atoms with E-state index in [2.05, 4.69) is 22.0 Å². The molecule has 0 amide bonds. The first-order valence-electron chi connectivity index (χ1n) is 7.10. The Labute approximate surface area is 117 Å². The Balaban J connectivity index is 1.88. The van der Waals surface area contributed by atoms with Gasteiger partial charge in [-0.1, -0.05) is 37.3 Å². The molecule has 2 aromatic heterocycles. The Morgan fingerprint density at radius 3 is 2.90 bits per heavy atom. The molecule has 4 nitrogen and oxygen atoms in total. The molecule has 3 aromatic rings. The minimum absolute atomic E-state index is 0.706. The molecule has 0 bridgehead atoms. The Kier molecular flexibility index (Phi) is 2.55. The van der Waals surface area contributed by atoms with Crippen LogP contribution in [0.3, 0.4) is 0 Å². The van der Waals surface area contributed by atoms with Gasteiger partial charge in [-0.3, -0.25) is 0 Å². The first-order chi connectivity index (χ1) is 9.81. The van der Waals surface area contributed by atoms with E-state index in [1.165, 1.54) is 17.7 Å². The van der Waals surface area contributed by atoms with Gasteiger partial charge in [0, 0.05) is 11.8 Å². The van der Waals surface area contributed by atoms with Gasteiger partial charge in [-0.15, -0.1) is 5.10 Å². The van der Waals surface area contributed by atoms with Gasteiger partial charge in [0.1, 0.15) is 0 Å². The monoisotopic (exact) mass is 264 g/mol. The standard InChI is InChI=1S/C16H16N4/c1-11-7-8-14-13(9-11)10-17-16-18-15(19-20(14)16)12-5-3-2-4-6-12/h2-6,10-11H,7-9H2,1H3. The number of hydrogen-bond donors (Lipinski definition) is 0. The zero-order valence-electron chi connectivity index (χ0n) is 11.5. The molecule has 100 valence electrons. The minimum Gasteiger partial charge on any atom is -0.219 e. The summed E-state index contributed by atoms with van der Waals surface area (Å²) in [6.45, 7) is 2.30. The summed E-state index contributed by atoms with van der Waals surface area (Å²) in [7, 11) is 0. The number of fused-ring (bicyclic) bond motifs is 3. The smallest absolute Gasteiger partial charge is 0.219 e. The third-order valence-electron chi connectivity index (χ3n) is 4.03. The van der Waals surface area contributed by atoms with E-state index in [-0.39, 0.29) is 0 Å². The Hall–Kier alpha value is -2.23. The molecule has 1 aromatic carbocycles. The van der Waals surface area contributed by atoms with Crippen molar-refractivity contribution in [3.05, 3.63) is 47.8 Å². The molecule has 1 atom stereocenters. The highest BCUT2D eigenvalue weighted by Gasteiger charge is 2.20. The van der Waals surface area contributed by atoms with Crippen molar-refractivity contribution >= 4 is 5.78 Å². The van der Waals surface area contributed by atoms with Crippen LogP contribution in [-0.4, -0.2) is 19.6 Å². The fraction of sp³-hybridized carbons (Fsp3) is 0.312. The minimum atomic E-state index is 0.706. The quantitative estimate of drug-likeness (QED) is 0.678. The predicted octanol–water partition coefficient (Wildman–Crippen LogP) is 2.92. The molecule has 20 heavy (non-hydrogen) atoms. The first-order valence-corrected chi connectivity index (χ1v) is 7.10. The normalized spacial score (nSPS) is 18.1. The van der Waals surface area contributed by atoms with E-state index in [1.807, 2.05) is 41.0 Å². The molecule has 4 heteroatoms. The molecular formula is C16H16N4. The third kappa shape index (κ3) is 1.80. The highest BCUT2D eigenvalue weighted by molar-refractivity contribution is 5.56. The molecule has 2 heterocycles. The van der Waals surface area contributed by atoms with Crippen LogP contribution in [0.2, 0.25) is 0 Å². The number of benzene rings is 1. The van der Waals surface area contributed by atoms with Crippen molar-refractivity contribution in [2.45, 2.75) is 26.2 Å². The molecule has 0 fully saturated rings. The second-order valence-electron chi connectivity index (χ2n) is 5.59. The van der Waals surface area contributed by atoms with Crippen molar-refractivity contribution in [2.24, 2.45) is 5.92 Å². The summed E-state index contributed by atoms with van der Waals surface area (Å²) in [6.07, 6.45) is 5.35. The van der Waals surface area contributed by atoms with E-state index in [1.54, 1.807) is 0 Å². The molecule has 1 unspecified atom stereocenters. The van der Waals surface area contributed by atoms with Crippen LogP contribution in [0.15, 0.2) is 36.5 Å². The first kappa shape index (κ1) is 11.6. The number of rotatable bonds is 1. The summed E-state index contributed by atoms with van der Waals surface area (Å²) in [5.74, 6) is 2.20. The van der Waals surface area contributed by atoms with Crippen LogP contribution in [0.25, 0.3) is 17.2 Å². The zero-order chi connectivity index (χ0) is 13.5. The van der Waals surface area contributed by atoms with Crippen molar-refractivity contribution in [3.63, 3.8) is 0 Å². The fourth-order valence-electron chi connectivity index (χ4n) is 2.92. The summed E-state index contributed by atoms with van der Waals surface area (Å²) in [4.78, 5) is 9.02. The van der Waals surface area contributed by atoms with E-state index in [9.17, 15) is 0 Å². The molecule has 4 rings (SSSR count). The van der Waals surface area contributed by atoms with Gasteiger partial charge in [-0.05, 0) is 30.7 Å². The predicted molar refractivity (Wildman–Crippen MR) is 77.4 cm³/mol. The maximum Gasteiger partial charge on any atom is 0.252 e. The number of aromatic nitrogens is 4. The van der Waals surface area contributed by atoms with E-state index in [0.717, 1.165) is 30.1 Å². The Bertz CT molecular complexity index is 761. The van der Waals surface area contributed by atoms with E-state index >= 15 is 0 Å². The molecule has 1 aliphatic rings. The summed E-state index contributed by atoms with van der Waals surface area (Å²) in [5.41, 5.74) is 3.64. The summed E-state index contributed by atoms with van der Waals surface area (Å²) in [6, 6.07) is 10.1. The van der Waals surface area contributed by atoms with Crippen molar-refractivity contribution in [2.75, 3.05) is 0 Å². The van der Waals surface area contributed by atoms with Crippen LogP contribution >= 0.6 is 0 Å². The van der Waals surface area contributed by atoms with Gasteiger partial charge < -0.3 is 0 Å². The van der Waals surface area contributed by atoms with Crippen LogP contribution in [-0.2, 0) is 12.8 Å². The van der Waals surface area contributed by atoms with E-state index in [0.29, 0.717) is 5.78 Å². The van der Waals surface area contributed by atoms with Crippen LogP contribution in [0, 0.1) is 5.92 Å². The highest BCUT2D eigenvalue weighted by atomic mass is 15.3. The fourth-order valence-corrected chi connectivity index (χ4v) is 2.92. The van der Waals surface area contributed by atoms with Gasteiger partial charge in [0.25, 0.3) is 5.78 Å². The molecule has 0 radical (unpaired) electrons. The molecule has 0 N–H and O–H groups in total. The van der Waals surface area contributed by atoms with E-state index < -0.39 is 0 Å². The van der Waals surface area contributed by atoms with Gasteiger partial charge >= 0.3 is 0 Å². The molecular weight excluding hydrogens is 248 g/mol. The van der Waals surface area contributed by atoms with Crippen molar-refractivity contribution < 1.29 is 0 Å². The Morgan fingerprint density at radius 2 is 2.05 bits per heavy atom. The lowest BCUT2D eigenvalue weighted by Crippen LogP contribution is -2.16. The Morgan fingerprint density at radius 1 is 1.20 bits per heavy atom. The summed E-state index contributed by atoms with van der Waals surface area (Å²) in [5, 5.41) is 4.66. The maximum absolute atomic E-state index is 4.66. The lowest BCUT2D eigenvalue weighted by Gasteiger charge is -2.20. The zero-order valence-corrected chi connectivity index (χ0v) is 11.5. The third-order valence-corrected chi connectivity index (χ3v) is 4.03. The topological polar surface area (TPSA) is 43.1 Å². The van der Waals surface area contributed by atoms with Gasteiger partial charge in [0.15, 0.2) is 5.82 Å². The second-order valence-corrected chi connectivity index (χ2v) is 5.59. The largest absolute Gasteiger partial charge is 0.252 e. The summed E-state index contributed by atoms with van der Waals surface area (Å²) < 4.78 is 1.93. The molecule has 0 aliphatic heterocycles. The number of aryl methyl sites for hydroxylation is 1. The molecule has 0 saturated heterocycles. The van der Waals surface area contributed by atoms with Crippen LogP contribution in [0.1, 0.15) is 24.6 Å². The molecule has 0 saturated carbocycles. The van der Waals surface area contributed by atoms with Crippen LogP contribution in [0.5, 0.6) is 0 Å². The van der Waals surface area contributed by atoms with Crippen molar-refractivity contribution in [1.29, 1.82) is 0 Å². The van der Waals surface area contributed by atoms with E-state index in [4.69, 9.17) is 0 Å². The molecule has 1 aliphatic carbocycles. The number of hydrogen-bond acceptors (Lipinski definition) is 3. The maximum atomic E-state index is 4.66. The van der Waals surface area contributed by atoms with Gasteiger partial charge in [0.2, 0.25) is 0 Å². The lowest BCUT2D eigenvalue weighted by atomic mass is 9.89. The van der Waals surface area contributed by atoms with Crippen LogP contribution < -0.4 is 0 Å². The lowest BCUT2D eigenvalue weighted by molar-refractivity contribution is 0.485. The number of nitrogens with zero attached hydrogens (tertiary/aromatic N) is 4.